The molecule has 2 amide bonds. The van der Waals surface area contributed by atoms with Gasteiger partial charge in [-0.2, -0.15) is 0 Å². The van der Waals surface area contributed by atoms with E-state index in [0.29, 0.717) is 16.2 Å². The second-order valence-electron chi connectivity index (χ2n) is 5.88. The highest BCUT2D eigenvalue weighted by atomic mass is 32.2. The maximum absolute atomic E-state index is 13.6. The van der Waals surface area contributed by atoms with Crippen molar-refractivity contribution in [3.63, 3.8) is 0 Å². The van der Waals surface area contributed by atoms with Crippen LogP contribution >= 0.6 is 23.1 Å². The Morgan fingerprint density at radius 2 is 1.74 bits per heavy atom. The van der Waals surface area contributed by atoms with Crippen LogP contribution in [-0.4, -0.2) is 11.8 Å². The first-order valence-corrected chi connectivity index (χ1v) is 10.1. The minimum Gasteiger partial charge on any atom is -0.268 e. The molecule has 0 spiro atoms. The van der Waals surface area contributed by atoms with E-state index in [4.69, 9.17) is 0 Å². The van der Waals surface area contributed by atoms with Crippen LogP contribution in [0.25, 0.3) is 5.57 Å². The van der Waals surface area contributed by atoms with Gasteiger partial charge in [-0.05, 0) is 35.2 Å². The van der Waals surface area contributed by atoms with Crippen molar-refractivity contribution in [1.82, 2.24) is 0 Å². The van der Waals surface area contributed by atoms with Crippen molar-refractivity contribution in [3.05, 3.63) is 93.3 Å². The van der Waals surface area contributed by atoms with Crippen molar-refractivity contribution < 1.29 is 14.0 Å². The Morgan fingerprint density at radius 3 is 2.44 bits per heavy atom. The fourth-order valence-electron chi connectivity index (χ4n) is 2.86. The zero-order valence-corrected chi connectivity index (χ0v) is 15.7. The predicted molar refractivity (Wildman–Crippen MR) is 108 cm³/mol. The van der Waals surface area contributed by atoms with E-state index in [-0.39, 0.29) is 5.69 Å². The Labute approximate surface area is 164 Å². The van der Waals surface area contributed by atoms with Gasteiger partial charge >= 0.3 is 0 Å². The molecular formula is C21H14FNO2S2. The van der Waals surface area contributed by atoms with Crippen molar-refractivity contribution in [2.24, 2.45) is 0 Å². The zero-order chi connectivity index (χ0) is 18.8. The van der Waals surface area contributed by atoms with E-state index in [2.05, 4.69) is 0 Å². The van der Waals surface area contributed by atoms with Crippen LogP contribution < -0.4 is 4.90 Å². The molecule has 0 radical (unpaired) electrons. The van der Waals surface area contributed by atoms with Gasteiger partial charge in [-0.25, -0.2) is 9.29 Å². The minimum atomic E-state index is -0.490. The summed E-state index contributed by atoms with van der Waals surface area (Å²) < 4.78 is 13.6. The van der Waals surface area contributed by atoms with Crippen molar-refractivity contribution in [3.8, 4) is 0 Å². The van der Waals surface area contributed by atoms with Gasteiger partial charge in [-0.1, -0.05) is 42.5 Å². The minimum absolute atomic E-state index is 0.245. The Bertz CT molecular complexity index is 1030. The molecule has 0 unspecified atom stereocenters. The van der Waals surface area contributed by atoms with Crippen LogP contribution in [0.15, 0.2) is 77.0 Å². The van der Waals surface area contributed by atoms with Crippen LogP contribution in [0.4, 0.5) is 10.1 Å². The van der Waals surface area contributed by atoms with Gasteiger partial charge in [0.1, 0.15) is 5.82 Å². The van der Waals surface area contributed by atoms with Crippen molar-refractivity contribution in [2.75, 3.05) is 4.90 Å². The molecule has 3 aromatic rings. The number of thiophene rings is 1. The molecule has 2 heterocycles. The molecule has 0 atom stereocenters. The lowest BCUT2D eigenvalue weighted by Gasteiger charge is -2.15. The third-order valence-electron chi connectivity index (χ3n) is 4.10. The number of rotatable bonds is 5. The molecule has 0 bridgehead atoms. The molecular weight excluding hydrogens is 381 g/mol. The number of thioether (sulfide) groups is 1. The van der Waals surface area contributed by atoms with Crippen LogP contribution in [0.5, 0.6) is 0 Å². The molecule has 3 nitrogen and oxygen atoms in total. The summed E-state index contributed by atoms with van der Waals surface area (Å²) in [7, 11) is 0. The fourth-order valence-corrected chi connectivity index (χ4v) is 4.75. The number of benzene rings is 2. The fraction of sp³-hybridized carbons (Fsp3) is 0.0476. The maximum Gasteiger partial charge on any atom is 0.272 e. The lowest BCUT2D eigenvalue weighted by molar-refractivity contribution is -0.119. The first kappa shape index (κ1) is 17.7. The van der Waals surface area contributed by atoms with E-state index >= 15 is 0 Å². The summed E-state index contributed by atoms with van der Waals surface area (Å²) in [4.78, 5) is 28.3. The van der Waals surface area contributed by atoms with Gasteiger partial charge in [0.15, 0.2) is 0 Å². The van der Waals surface area contributed by atoms with Gasteiger partial charge in [0.2, 0.25) is 0 Å². The number of carbonyl (C=O) groups excluding carboxylic acids is 2. The average Bonchev–Trinajstić information content (AvgIpc) is 3.27. The van der Waals surface area contributed by atoms with E-state index in [9.17, 15) is 14.0 Å². The van der Waals surface area contributed by atoms with Gasteiger partial charge in [-0.3, -0.25) is 9.59 Å². The van der Waals surface area contributed by atoms with E-state index in [1.54, 1.807) is 6.07 Å². The molecule has 1 aliphatic heterocycles. The largest absolute Gasteiger partial charge is 0.272 e. The first-order chi connectivity index (χ1) is 13.1. The molecule has 1 aromatic heterocycles. The molecule has 27 heavy (non-hydrogen) atoms. The molecule has 6 heteroatoms. The van der Waals surface area contributed by atoms with Crippen LogP contribution in [-0.2, 0) is 15.3 Å². The van der Waals surface area contributed by atoms with Crippen molar-refractivity contribution >= 4 is 46.2 Å². The number of anilines is 1. The molecule has 0 saturated carbocycles. The zero-order valence-electron chi connectivity index (χ0n) is 14.1. The number of hydrogen-bond acceptors (Lipinski definition) is 4. The Balaban J connectivity index is 1.72. The van der Waals surface area contributed by atoms with Gasteiger partial charge in [0.05, 0.1) is 16.2 Å². The van der Waals surface area contributed by atoms with Crippen molar-refractivity contribution in [1.29, 1.82) is 0 Å². The second kappa shape index (κ2) is 7.50. The number of nitrogens with zero attached hydrogens (tertiary/aromatic N) is 1. The summed E-state index contributed by atoms with van der Waals surface area (Å²) in [6, 6.07) is 19.0. The molecule has 0 fully saturated rings. The van der Waals surface area contributed by atoms with E-state index < -0.39 is 17.6 Å². The number of amides is 2. The molecule has 134 valence electrons. The average molecular weight is 395 g/mol. The molecule has 0 saturated heterocycles. The highest BCUT2D eigenvalue weighted by Gasteiger charge is 2.40. The monoisotopic (exact) mass is 395 g/mol. The molecule has 0 aliphatic carbocycles. The number of hydrogen-bond donors (Lipinski definition) is 0. The first-order valence-electron chi connectivity index (χ1n) is 8.24. The van der Waals surface area contributed by atoms with E-state index in [0.717, 1.165) is 15.3 Å². The second-order valence-corrected chi connectivity index (χ2v) is 7.81. The number of imide groups is 1. The van der Waals surface area contributed by atoms with E-state index in [1.807, 2.05) is 47.8 Å². The SMILES string of the molecule is O=C1C(SCc2ccccc2)=C(c2cccs2)C(=O)N1c1cccc(F)c1. The Kier molecular flexibility index (Phi) is 4.92. The van der Waals surface area contributed by atoms with E-state index in [1.165, 1.54) is 41.3 Å². The van der Waals surface area contributed by atoms with Crippen molar-refractivity contribution in [2.45, 2.75) is 5.75 Å². The smallest absolute Gasteiger partial charge is 0.268 e. The molecule has 0 N–H and O–H groups in total. The van der Waals surface area contributed by atoms with Crippen LogP contribution in [0.1, 0.15) is 10.4 Å². The molecule has 1 aliphatic rings. The molecule has 4 rings (SSSR count). The summed E-state index contributed by atoms with van der Waals surface area (Å²) >= 11 is 2.75. The third kappa shape index (κ3) is 3.46. The van der Waals surface area contributed by atoms with Gasteiger partial charge in [0, 0.05) is 10.6 Å². The van der Waals surface area contributed by atoms with Gasteiger partial charge in [-0.15, -0.1) is 23.1 Å². The summed E-state index contributed by atoms with van der Waals surface area (Å²) in [6.45, 7) is 0. The normalized spacial score (nSPS) is 14.3. The lowest BCUT2D eigenvalue weighted by atomic mass is 10.2. The summed E-state index contributed by atoms with van der Waals surface area (Å²) in [5.74, 6) is -0.740. The topological polar surface area (TPSA) is 37.4 Å². The van der Waals surface area contributed by atoms with Gasteiger partial charge < -0.3 is 0 Å². The highest BCUT2D eigenvalue weighted by molar-refractivity contribution is 8.03. The standard InChI is InChI=1S/C21H14FNO2S2/c22-15-8-4-9-16(12-15)23-20(24)18(17-10-5-11-26-17)19(21(23)25)27-13-14-6-2-1-3-7-14/h1-12H,13H2. The third-order valence-corrected chi connectivity index (χ3v) is 6.13. The van der Waals surface area contributed by atoms with Crippen LogP contribution in [0.2, 0.25) is 0 Å². The summed E-state index contributed by atoms with van der Waals surface area (Å²) in [5.41, 5.74) is 1.69. The Morgan fingerprint density at radius 1 is 0.926 bits per heavy atom. The van der Waals surface area contributed by atoms with Crippen LogP contribution in [0.3, 0.4) is 0 Å². The maximum atomic E-state index is 13.6. The van der Waals surface area contributed by atoms with Crippen LogP contribution in [0, 0.1) is 5.82 Å². The number of carbonyl (C=O) groups is 2. The van der Waals surface area contributed by atoms with Gasteiger partial charge in [0.25, 0.3) is 11.8 Å². The quantitative estimate of drug-likeness (QED) is 0.564. The highest BCUT2D eigenvalue weighted by Crippen LogP contribution is 2.40. The summed E-state index contributed by atoms with van der Waals surface area (Å²) in [5, 5.41) is 1.87. The summed E-state index contributed by atoms with van der Waals surface area (Å²) in [6.07, 6.45) is 0. The molecule has 2 aromatic carbocycles. The lowest BCUT2D eigenvalue weighted by Crippen LogP contribution is -2.31. The predicted octanol–water partition coefficient (Wildman–Crippen LogP) is 5.11. The number of halogens is 1. The Hall–Kier alpha value is -2.70.